The summed E-state index contributed by atoms with van der Waals surface area (Å²) in [5, 5.41) is 3.33. The summed E-state index contributed by atoms with van der Waals surface area (Å²) >= 11 is 0. The van der Waals surface area contributed by atoms with Crippen molar-refractivity contribution in [2.45, 2.75) is 19.3 Å². The Hall–Kier alpha value is -1.14. The number of esters is 1. The Morgan fingerprint density at radius 1 is 1.25 bits per heavy atom. The van der Waals surface area contributed by atoms with E-state index in [1.807, 2.05) is 9.80 Å². The minimum atomic E-state index is -0.210. The number of nitrogens with zero attached hydrogens (tertiary/aromatic N) is 2. The molecular weight excluding hydrogens is 258 g/mol. The smallest absolute Gasteiger partial charge is 0.319 e. The molecule has 0 aromatic heterocycles. The van der Waals surface area contributed by atoms with Gasteiger partial charge in [0.25, 0.3) is 0 Å². The average Bonchev–Trinajstić information content (AvgIpc) is 2.98. The summed E-state index contributed by atoms with van der Waals surface area (Å²) in [5.74, 6) is 0.715. The second-order valence-electron chi connectivity index (χ2n) is 5.63. The van der Waals surface area contributed by atoms with Crippen molar-refractivity contribution >= 4 is 11.9 Å². The van der Waals surface area contributed by atoms with Crippen molar-refractivity contribution in [1.29, 1.82) is 0 Å². The maximum absolute atomic E-state index is 12.1. The van der Waals surface area contributed by atoms with Crippen LogP contribution in [0.1, 0.15) is 19.3 Å². The minimum absolute atomic E-state index is 0.210. The standard InChI is InChI=1S/C14H25N3O3/c1-20-14(19)11-16-6-8-17(9-7-16)13(18)3-2-12-4-5-15-10-12/h12,15H,2-11H2,1H3. The van der Waals surface area contributed by atoms with Crippen LogP contribution in [0.5, 0.6) is 0 Å². The van der Waals surface area contributed by atoms with E-state index in [-0.39, 0.29) is 11.9 Å². The van der Waals surface area contributed by atoms with Crippen molar-refractivity contribution < 1.29 is 14.3 Å². The average molecular weight is 283 g/mol. The van der Waals surface area contributed by atoms with Gasteiger partial charge in [0.15, 0.2) is 0 Å². The first-order valence-electron chi connectivity index (χ1n) is 7.46. The molecule has 1 atom stereocenters. The number of hydrogen-bond donors (Lipinski definition) is 1. The van der Waals surface area contributed by atoms with Crippen molar-refractivity contribution in [3.63, 3.8) is 0 Å². The number of amides is 1. The summed E-state index contributed by atoms with van der Waals surface area (Å²) in [4.78, 5) is 27.3. The highest BCUT2D eigenvalue weighted by atomic mass is 16.5. The van der Waals surface area contributed by atoms with Crippen LogP contribution >= 0.6 is 0 Å². The summed E-state index contributed by atoms with van der Waals surface area (Å²) in [5.41, 5.74) is 0. The van der Waals surface area contributed by atoms with Crippen LogP contribution in [0.4, 0.5) is 0 Å². The lowest BCUT2D eigenvalue weighted by Crippen LogP contribution is -2.50. The molecule has 2 fully saturated rings. The van der Waals surface area contributed by atoms with Gasteiger partial charge in [-0.2, -0.15) is 0 Å². The van der Waals surface area contributed by atoms with Crippen LogP contribution in [0.15, 0.2) is 0 Å². The van der Waals surface area contributed by atoms with Gasteiger partial charge in [-0.1, -0.05) is 0 Å². The van der Waals surface area contributed by atoms with E-state index in [4.69, 9.17) is 0 Å². The van der Waals surface area contributed by atoms with Gasteiger partial charge in [0.05, 0.1) is 13.7 Å². The molecule has 0 spiro atoms. The molecule has 0 aliphatic carbocycles. The van der Waals surface area contributed by atoms with Crippen LogP contribution in [-0.2, 0) is 14.3 Å². The predicted octanol–water partition coefficient (Wildman–Crippen LogP) is -0.307. The highest BCUT2D eigenvalue weighted by Gasteiger charge is 2.23. The van der Waals surface area contributed by atoms with Gasteiger partial charge in [0.2, 0.25) is 5.91 Å². The van der Waals surface area contributed by atoms with E-state index in [2.05, 4.69) is 10.1 Å². The molecule has 6 heteroatoms. The third-order valence-corrected chi connectivity index (χ3v) is 4.23. The van der Waals surface area contributed by atoms with E-state index in [9.17, 15) is 9.59 Å². The first-order chi connectivity index (χ1) is 9.69. The van der Waals surface area contributed by atoms with E-state index < -0.39 is 0 Å². The molecule has 0 saturated carbocycles. The Balaban J connectivity index is 1.64. The van der Waals surface area contributed by atoms with Gasteiger partial charge in [-0.05, 0) is 31.8 Å². The lowest BCUT2D eigenvalue weighted by molar-refractivity contribution is -0.142. The summed E-state index contributed by atoms with van der Waals surface area (Å²) in [6.07, 6.45) is 2.84. The molecule has 1 N–H and O–H groups in total. The van der Waals surface area contributed by atoms with E-state index in [1.54, 1.807) is 0 Å². The quantitative estimate of drug-likeness (QED) is 0.702. The van der Waals surface area contributed by atoms with Crippen LogP contribution in [0.25, 0.3) is 0 Å². The summed E-state index contributed by atoms with van der Waals surface area (Å²) in [7, 11) is 1.40. The van der Waals surface area contributed by atoms with Gasteiger partial charge < -0.3 is 15.0 Å². The zero-order valence-corrected chi connectivity index (χ0v) is 12.3. The highest BCUT2D eigenvalue weighted by molar-refractivity contribution is 5.76. The second-order valence-corrected chi connectivity index (χ2v) is 5.63. The molecule has 0 aromatic rings. The predicted molar refractivity (Wildman–Crippen MR) is 75.2 cm³/mol. The summed E-state index contributed by atoms with van der Waals surface area (Å²) in [6.45, 7) is 5.42. The van der Waals surface area contributed by atoms with Crippen LogP contribution in [0.2, 0.25) is 0 Å². The number of hydrogen-bond acceptors (Lipinski definition) is 5. The third-order valence-electron chi connectivity index (χ3n) is 4.23. The number of nitrogens with one attached hydrogen (secondary N) is 1. The topological polar surface area (TPSA) is 61.9 Å². The van der Waals surface area contributed by atoms with Crippen molar-refractivity contribution in [1.82, 2.24) is 15.1 Å². The van der Waals surface area contributed by atoms with E-state index in [0.717, 1.165) is 45.7 Å². The zero-order valence-electron chi connectivity index (χ0n) is 12.3. The maximum atomic E-state index is 12.1. The molecule has 20 heavy (non-hydrogen) atoms. The number of rotatable bonds is 5. The third kappa shape index (κ3) is 4.45. The van der Waals surface area contributed by atoms with Crippen molar-refractivity contribution in [3.05, 3.63) is 0 Å². The van der Waals surface area contributed by atoms with Gasteiger partial charge in [0, 0.05) is 32.6 Å². The Bertz CT molecular complexity index is 335. The number of carbonyl (C=O) groups is 2. The Morgan fingerprint density at radius 3 is 2.60 bits per heavy atom. The van der Waals surface area contributed by atoms with Crippen LogP contribution in [0, 0.1) is 5.92 Å². The van der Waals surface area contributed by atoms with E-state index in [0.29, 0.717) is 18.9 Å². The normalized spacial score (nSPS) is 23.9. The monoisotopic (exact) mass is 283 g/mol. The molecule has 2 saturated heterocycles. The fraction of sp³-hybridized carbons (Fsp3) is 0.857. The molecule has 2 heterocycles. The van der Waals surface area contributed by atoms with E-state index >= 15 is 0 Å². The minimum Gasteiger partial charge on any atom is -0.468 e. The Morgan fingerprint density at radius 2 is 2.00 bits per heavy atom. The Labute approximate surface area is 120 Å². The molecular formula is C14H25N3O3. The molecule has 0 radical (unpaired) electrons. The van der Waals surface area contributed by atoms with Crippen molar-refractivity contribution in [2.75, 3.05) is 52.9 Å². The van der Waals surface area contributed by atoms with Gasteiger partial charge in [0.1, 0.15) is 0 Å². The van der Waals surface area contributed by atoms with Crippen molar-refractivity contribution in [2.24, 2.45) is 5.92 Å². The largest absolute Gasteiger partial charge is 0.468 e. The lowest BCUT2D eigenvalue weighted by Gasteiger charge is -2.34. The van der Waals surface area contributed by atoms with Gasteiger partial charge >= 0.3 is 5.97 Å². The highest BCUT2D eigenvalue weighted by Crippen LogP contribution is 2.15. The van der Waals surface area contributed by atoms with Crippen LogP contribution in [0.3, 0.4) is 0 Å². The van der Waals surface area contributed by atoms with E-state index in [1.165, 1.54) is 13.5 Å². The fourth-order valence-corrected chi connectivity index (χ4v) is 2.85. The number of piperazine rings is 1. The van der Waals surface area contributed by atoms with Gasteiger partial charge in [-0.3, -0.25) is 14.5 Å². The fourth-order valence-electron chi connectivity index (χ4n) is 2.85. The molecule has 0 aromatic carbocycles. The zero-order chi connectivity index (χ0) is 14.4. The molecule has 2 aliphatic heterocycles. The number of carbonyl (C=O) groups excluding carboxylic acids is 2. The molecule has 114 valence electrons. The molecule has 1 amide bonds. The SMILES string of the molecule is COC(=O)CN1CCN(C(=O)CCC2CCNC2)CC1. The van der Waals surface area contributed by atoms with Gasteiger partial charge in [-0.25, -0.2) is 0 Å². The molecule has 1 unspecified atom stereocenters. The molecule has 2 rings (SSSR count). The summed E-state index contributed by atoms with van der Waals surface area (Å²) < 4.78 is 4.66. The number of ether oxygens (including phenoxy) is 1. The first kappa shape index (κ1) is 15.3. The lowest BCUT2D eigenvalue weighted by atomic mass is 10.0. The molecule has 0 bridgehead atoms. The first-order valence-corrected chi connectivity index (χ1v) is 7.46. The molecule has 6 nitrogen and oxygen atoms in total. The van der Waals surface area contributed by atoms with Crippen molar-refractivity contribution in [3.8, 4) is 0 Å². The van der Waals surface area contributed by atoms with Gasteiger partial charge in [-0.15, -0.1) is 0 Å². The Kier molecular flexibility index (Phi) is 5.79. The molecule has 2 aliphatic rings. The maximum Gasteiger partial charge on any atom is 0.319 e. The van der Waals surface area contributed by atoms with Crippen LogP contribution < -0.4 is 5.32 Å². The van der Waals surface area contributed by atoms with Crippen LogP contribution in [-0.4, -0.2) is 74.6 Å². The second kappa shape index (κ2) is 7.59. The number of methoxy groups -OCH3 is 1. The summed E-state index contributed by atoms with van der Waals surface area (Å²) in [6, 6.07) is 0.